The van der Waals surface area contributed by atoms with Gasteiger partial charge in [-0.3, -0.25) is 0 Å². The van der Waals surface area contributed by atoms with Crippen LogP contribution in [0.3, 0.4) is 0 Å². The summed E-state index contributed by atoms with van der Waals surface area (Å²) in [6, 6.07) is 0.0262. The largest absolute Gasteiger partial charge is 0.391 e. The summed E-state index contributed by atoms with van der Waals surface area (Å²) in [6.07, 6.45) is 1.78. The van der Waals surface area contributed by atoms with Crippen molar-refractivity contribution in [3.63, 3.8) is 0 Å². The van der Waals surface area contributed by atoms with Crippen molar-refractivity contribution in [2.24, 2.45) is 0 Å². The quantitative estimate of drug-likeness (QED) is 0.664. The van der Waals surface area contributed by atoms with Gasteiger partial charge < -0.3 is 25.0 Å². The predicted molar refractivity (Wildman–Crippen MR) is 80.0 cm³/mol. The molecule has 1 saturated heterocycles. The molecule has 3 heterocycles. The summed E-state index contributed by atoms with van der Waals surface area (Å²) in [5.74, 6) is 0.333. The molecule has 0 spiro atoms. The van der Waals surface area contributed by atoms with Gasteiger partial charge in [-0.25, -0.2) is 0 Å². The molecule has 2 aromatic rings. The van der Waals surface area contributed by atoms with E-state index >= 15 is 0 Å². The van der Waals surface area contributed by atoms with Gasteiger partial charge in [0.05, 0.1) is 6.10 Å². The van der Waals surface area contributed by atoms with Crippen molar-refractivity contribution >= 4 is 27.9 Å². The number of rotatable bonds is 4. The maximum atomic E-state index is 11.4. The summed E-state index contributed by atoms with van der Waals surface area (Å²) >= 11 is 1.36. The van der Waals surface area contributed by atoms with E-state index in [9.17, 15) is 15.2 Å². The van der Waals surface area contributed by atoms with Crippen LogP contribution < -0.4 is 4.90 Å². The van der Waals surface area contributed by atoms with Gasteiger partial charge >= 0.3 is 5.82 Å². The highest BCUT2D eigenvalue weighted by Gasteiger charge is 2.38. The van der Waals surface area contributed by atoms with E-state index in [0.29, 0.717) is 23.7 Å². The second-order valence-corrected chi connectivity index (χ2v) is 6.40. The fourth-order valence-electron chi connectivity index (χ4n) is 2.87. The molecule has 2 unspecified atom stereocenters. The minimum Gasteiger partial charge on any atom is -0.391 e. The third-order valence-corrected chi connectivity index (χ3v) is 4.39. The minimum atomic E-state index is -0.478. The Labute approximate surface area is 125 Å². The second kappa shape index (κ2) is 5.24. The summed E-state index contributed by atoms with van der Waals surface area (Å²) in [5, 5.41) is 23.1. The maximum Gasteiger partial charge on any atom is 0.373 e. The summed E-state index contributed by atoms with van der Waals surface area (Å²) in [5.41, 5.74) is 0. The van der Waals surface area contributed by atoms with Crippen molar-refractivity contribution in [3.8, 4) is 0 Å². The molecule has 3 rings (SSSR count). The van der Waals surface area contributed by atoms with Crippen LogP contribution in [0.4, 0.5) is 11.6 Å². The van der Waals surface area contributed by atoms with Crippen LogP contribution in [0.15, 0.2) is 11.6 Å². The van der Waals surface area contributed by atoms with E-state index in [1.165, 1.54) is 15.7 Å². The lowest BCUT2D eigenvalue weighted by Crippen LogP contribution is -2.38. The first-order chi connectivity index (χ1) is 9.97. The molecule has 0 amide bonds. The Morgan fingerprint density at radius 1 is 1.62 bits per heavy atom. The first-order valence-electron chi connectivity index (χ1n) is 6.66. The van der Waals surface area contributed by atoms with Crippen LogP contribution in [0.25, 0.3) is 4.96 Å². The fourth-order valence-corrected chi connectivity index (χ4v) is 3.58. The molecule has 1 N–H and O–H groups in total. The Kier molecular flexibility index (Phi) is 3.56. The molecule has 9 heteroatoms. The van der Waals surface area contributed by atoms with Crippen molar-refractivity contribution in [2.75, 3.05) is 32.1 Å². The summed E-state index contributed by atoms with van der Waals surface area (Å²) < 4.78 is 1.50. The zero-order valence-corrected chi connectivity index (χ0v) is 12.7. The van der Waals surface area contributed by atoms with Crippen LogP contribution in [0.5, 0.6) is 0 Å². The lowest BCUT2D eigenvalue weighted by atomic mass is 10.2. The van der Waals surface area contributed by atoms with Crippen molar-refractivity contribution < 1.29 is 10.0 Å². The Bertz CT molecular complexity index is 667. The van der Waals surface area contributed by atoms with Crippen LogP contribution >= 0.6 is 11.3 Å². The average Bonchev–Trinajstić information content (AvgIpc) is 3.00. The number of thiazole rings is 1. The number of anilines is 1. The van der Waals surface area contributed by atoms with Crippen LogP contribution in [-0.2, 0) is 0 Å². The monoisotopic (exact) mass is 311 g/mol. The molecule has 0 aromatic carbocycles. The molecule has 8 nitrogen and oxygen atoms in total. The van der Waals surface area contributed by atoms with Gasteiger partial charge in [-0.2, -0.15) is 9.38 Å². The highest BCUT2D eigenvalue weighted by molar-refractivity contribution is 7.15. The molecule has 1 aliphatic heterocycles. The number of aromatic nitrogens is 2. The summed E-state index contributed by atoms with van der Waals surface area (Å²) in [6.45, 7) is 1.10. The number of likely N-dealkylation sites (N-methyl/N-ethyl adjacent to an activating group) is 1. The van der Waals surface area contributed by atoms with E-state index in [1.807, 2.05) is 23.9 Å². The van der Waals surface area contributed by atoms with Crippen LogP contribution in [0.1, 0.15) is 6.42 Å². The highest BCUT2D eigenvalue weighted by atomic mass is 32.1. The zero-order chi connectivity index (χ0) is 15.1. The first kappa shape index (κ1) is 14.2. The van der Waals surface area contributed by atoms with Crippen molar-refractivity contribution in [1.82, 2.24) is 14.3 Å². The maximum absolute atomic E-state index is 11.4. The summed E-state index contributed by atoms with van der Waals surface area (Å²) in [4.78, 5) is 19.9. The van der Waals surface area contributed by atoms with Crippen molar-refractivity contribution in [2.45, 2.75) is 18.6 Å². The molecule has 1 fully saturated rings. The van der Waals surface area contributed by atoms with Gasteiger partial charge in [-0.1, -0.05) is 11.3 Å². The molecular weight excluding hydrogens is 294 g/mol. The van der Waals surface area contributed by atoms with Crippen LogP contribution in [0.2, 0.25) is 0 Å². The third-order valence-electron chi connectivity index (χ3n) is 3.63. The molecule has 2 atom stereocenters. The predicted octanol–water partition coefficient (Wildman–Crippen LogP) is 0.805. The van der Waals surface area contributed by atoms with Crippen LogP contribution in [-0.4, -0.2) is 63.6 Å². The first-order valence-corrected chi connectivity index (χ1v) is 7.54. The van der Waals surface area contributed by atoms with Crippen LogP contribution in [0, 0.1) is 10.1 Å². The summed E-state index contributed by atoms with van der Waals surface area (Å²) in [7, 11) is 3.89. The molecule has 1 aliphatic rings. The molecule has 0 aliphatic carbocycles. The molecule has 114 valence electrons. The number of hydrogen-bond donors (Lipinski definition) is 1. The number of imidazole rings is 1. The molecule has 0 saturated carbocycles. The topological polar surface area (TPSA) is 87.2 Å². The van der Waals surface area contributed by atoms with E-state index in [-0.39, 0.29) is 11.9 Å². The van der Waals surface area contributed by atoms with Gasteiger partial charge in [-0.05, 0) is 25.4 Å². The fraction of sp³-hybridized carbons (Fsp3) is 0.583. The molecule has 21 heavy (non-hydrogen) atoms. The van der Waals surface area contributed by atoms with Gasteiger partial charge in [0.15, 0.2) is 0 Å². The van der Waals surface area contributed by atoms with Gasteiger partial charge in [0.25, 0.3) is 4.96 Å². The zero-order valence-electron chi connectivity index (χ0n) is 11.8. The average molecular weight is 311 g/mol. The van der Waals surface area contributed by atoms with Crippen molar-refractivity contribution in [3.05, 3.63) is 21.7 Å². The number of aliphatic hydroxyl groups excluding tert-OH is 1. The number of hydrogen-bond acceptors (Lipinski definition) is 7. The number of aliphatic hydroxyl groups is 1. The van der Waals surface area contributed by atoms with E-state index in [2.05, 4.69) is 4.98 Å². The highest BCUT2D eigenvalue weighted by Crippen LogP contribution is 2.35. The van der Waals surface area contributed by atoms with Gasteiger partial charge in [-0.15, -0.1) is 0 Å². The lowest BCUT2D eigenvalue weighted by Gasteiger charge is -2.26. The van der Waals surface area contributed by atoms with E-state index in [0.717, 1.165) is 6.54 Å². The normalized spacial score (nSPS) is 22.6. The van der Waals surface area contributed by atoms with Gasteiger partial charge in [0, 0.05) is 24.5 Å². The Morgan fingerprint density at radius 2 is 2.38 bits per heavy atom. The van der Waals surface area contributed by atoms with E-state index in [1.54, 1.807) is 11.6 Å². The van der Waals surface area contributed by atoms with E-state index in [4.69, 9.17) is 0 Å². The van der Waals surface area contributed by atoms with Crippen molar-refractivity contribution in [1.29, 1.82) is 0 Å². The van der Waals surface area contributed by atoms with E-state index < -0.39 is 11.0 Å². The van der Waals surface area contributed by atoms with Gasteiger partial charge in [0.1, 0.15) is 6.20 Å². The Morgan fingerprint density at radius 3 is 3.05 bits per heavy atom. The second-order valence-electron chi connectivity index (χ2n) is 5.53. The number of nitrogens with zero attached hydrogens (tertiary/aromatic N) is 5. The Hall–Kier alpha value is -1.71. The SMILES string of the molecule is CN(C)CC1CC(O)CN1c1nc2sccn2c1[N+](=O)[O-]. The third kappa shape index (κ3) is 2.47. The molecule has 0 bridgehead atoms. The Balaban J connectivity index is 2.03. The standard InChI is InChI=1S/C12H17N5O3S/c1-14(2)6-8-5-9(18)7-16(8)10-11(17(19)20)15-3-4-21-12(15)13-10/h3-4,8-9,18H,5-7H2,1-2H3. The molecule has 0 radical (unpaired) electrons. The minimum absolute atomic E-state index is 0.0240. The number of nitro groups is 1. The number of β-amino-alcohol motifs (C(OH)–C–C–N with tert-alkyl or cyclic N) is 1. The van der Waals surface area contributed by atoms with Gasteiger partial charge in [0.2, 0.25) is 5.82 Å². The smallest absolute Gasteiger partial charge is 0.373 e. The number of fused-ring (bicyclic) bond motifs is 1. The molecule has 2 aromatic heterocycles. The lowest BCUT2D eigenvalue weighted by molar-refractivity contribution is -0.389. The molecular formula is C12H17N5O3S.